The van der Waals surface area contributed by atoms with E-state index in [1.165, 1.54) is 11.3 Å². The Morgan fingerprint density at radius 1 is 1.05 bits per heavy atom. The Hall–Kier alpha value is -3.39. The normalized spacial score (nSPS) is 22.6. The number of likely N-dealkylation sites (N-methyl/N-ethyl adjacent to an activating group) is 1. The van der Waals surface area contributed by atoms with Gasteiger partial charge in [0, 0.05) is 39.4 Å². The summed E-state index contributed by atoms with van der Waals surface area (Å²) in [6.45, 7) is 13.1. The van der Waals surface area contributed by atoms with Crippen LogP contribution >= 0.6 is 11.3 Å². The first-order valence-corrected chi connectivity index (χ1v) is 21.1. The lowest BCUT2D eigenvalue weighted by Crippen LogP contribution is -2.63. The van der Waals surface area contributed by atoms with Gasteiger partial charge in [-0.05, 0) is 69.4 Å². The molecule has 2 saturated heterocycles. The Kier molecular flexibility index (Phi) is 16.7. The molecule has 0 aliphatic carbocycles. The van der Waals surface area contributed by atoms with Crippen molar-refractivity contribution in [2.45, 2.75) is 135 Å². The van der Waals surface area contributed by atoms with Crippen LogP contribution in [0.25, 0.3) is 0 Å². The molecule has 55 heavy (non-hydrogen) atoms. The van der Waals surface area contributed by atoms with Gasteiger partial charge in [0.2, 0.25) is 23.6 Å². The molecule has 2 aliphatic rings. The van der Waals surface area contributed by atoms with Crippen LogP contribution in [0, 0.1) is 17.8 Å². The zero-order valence-corrected chi connectivity index (χ0v) is 35.3. The van der Waals surface area contributed by atoms with E-state index in [9.17, 15) is 19.2 Å². The highest BCUT2D eigenvalue weighted by Crippen LogP contribution is 2.31. The van der Waals surface area contributed by atoms with Crippen LogP contribution in [0.15, 0.2) is 41.9 Å². The number of methoxy groups -OCH3 is 2. The molecule has 2 aliphatic heterocycles. The summed E-state index contributed by atoms with van der Waals surface area (Å²) in [6.07, 6.45) is 6.21. The number of hydrogen-bond donors (Lipinski definition) is 3. The second kappa shape index (κ2) is 20.7. The van der Waals surface area contributed by atoms with Crippen LogP contribution in [0.4, 0.5) is 0 Å². The highest BCUT2D eigenvalue weighted by Gasteiger charge is 2.44. The van der Waals surface area contributed by atoms with Crippen molar-refractivity contribution in [3.05, 3.63) is 52.5 Å². The van der Waals surface area contributed by atoms with Crippen molar-refractivity contribution < 1.29 is 28.7 Å². The summed E-state index contributed by atoms with van der Waals surface area (Å²) in [4.78, 5) is 64.1. The number of piperidine rings is 1. The molecule has 9 atom stereocenters. The van der Waals surface area contributed by atoms with Gasteiger partial charge in [0.25, 0.3) is 0 Å². The third-order valence-corrected chi connectivity index (χ3v) is 12.8. The van der Waals surface area contributed by atoms with E-state index in [0.717, 1.165) is 42.8 Å². The van der Waals surface area contributed by atoms with Crippen LogP contribution in [0.3, 0.4) is 0 Å². The van der Waals surface area contributed by atoms with Crippen LogP contribution in [-0.4, -0.2) is 109 Å². The van der Waals surface area contributed by atoms with Gasteiger partial charge in [-0.2, -0.15) is 0 Å². The summed E-state index contributed by atoms with van der Waals surface area (Å²) in [5, 5.41) is 12.4. The number of hydrogen-bond acceptors (Lipinski definition) is 9. The molecule has 12 nitrogen and oxygen atoms in total. The van der Waals surface area contributed by atoms with Gasteiger partial charge in [-0.15, -0.1) is 11.3 Å². The van der Waals surface area contributed by atoms with Crippen LogP contribution in [0.5, 0.6) is 0 Å². The van der Waals surface area contributed by atoms with E-state index in [1.54, 1.807) is 32.4 Å². The monoisotopic (exact) mass is 782 g/mol. The highest BCUT2D eigenvalue weighted by molar-refractivity contribution is 7.09. The number of carbonyl (C=O) groups is 4. The summed E-state index contributed by atoms with van der Waals surface area (Å²) in [5.41, 5.74) is 0.370. The van der Waals surface area contributed by atoms with Crippen molar-refractivity contribution in [3.8, 4) is 0 Å². The van der Waals surface area contributed by atoms with Crippen LogP contribution in [-0.2, 0) is 35.1 Å². The Morgan fingerprint density at radius 2 is 1.78 bits per heavy atom. The van der Waals surface area contributed by atoms with E-state index < -0.39 is 35.7 Å². The summed E-state index contributed by atoms with van der Waals surface area (Å²) in [7, 11) is 4.95. The van der Waals surface area contributed by atoms with Crippen LogP contribution in [0.2, 0.25) is 0 Å². The summed E-state index contributed by atoms with van der Waals surface area (Å²) in [6, 6.07) is 8.25. The summed E-state index contributed by atoms with van der Waals surface area (Å²) in [5.74, 6) is -1.34. The SMILES string of the molecule is CC[C@H](C)[C@@H]([C@@H](CC(=O)N1CCCC1[C@H](OC)C(C)C(=O)N[C@@H](Cc1ccccc1)c1nccs1)OC)N(C)C(=O)[C@@H](NC(=O)[C@@]1(C)CCCCN1)C(C)C. The van der Waals surface area contributed by atoms with Crippen molar-refractivity contribution >= 4 is 35.0 Å². The molecule has 0 spiro atoms. The van der Waals surface area contributed by atoms with E-state index in [0.29, 0.717) is 25.8 Å². The maximum atomic E-state index is 14.3. The fourth-order valence-electron chi connectivity index (χ4n) is 8.35. The number of nitrogens with zero attached hydrogens (tertiary/aromatic N) is 3. The molecule has 2 fully saturated rings. The number of aromatic nitrogens is 1. The van der Waals surface area contributed by atoms with Crippen molar-refractivity contribution in [2.24, 2.45) is 17.8 Å². The molecular weight excluding hydrogens is 717 g/mol. The van der Waals surface area contributed by atoms with Crippen molar-refractivity contribution in [2.75, 3.05) is 34.4 Å². The minimum absolute atomic E-state index is 0.000717. The second-order valence-electron chi connectivity index (χ2n) is 16.1. The van der Waals surface area contributed by atoms with Crippen molar-refractivity contribution in [3.63, 3.8) is 0 Å². The van der Waals surface area contributed by atoms with Gasteiger partial charge in [0.15, 0.2) is 0 Å². The van der Waals surface area contributed by atoms with Gasteiger partial charge in [-0.25, -0.2) is 4.98 Å². The van der Waals surface area contributed by atoms with Crippen molar-refractivity contribution in [1.29, 1.82) is 0 Å². The molecular formula is C42H66N6O6S. The predicted octanol–water partition coefficient (Wildman–Crippen LogP) is 5.14. The van der Waals surface area contributed by atoms with Crippen molar-refractivity contribution in [1.82, 2.24) is 30.7 Å². The number of likely N-dealkylation sites (tertiary alicyclic amines) is 1. The molecule has 3 heterocycles. The number of amides is 4. The van der Waals surface area contributed by atoms with Gasteiger partial charge < -0.3 is 35.2 Å². The Labute approximate surface area is 332 Å². The number of benzene rings is 1. The molecule has 0 saturated carbocycles. The van der Waals surface area contributed by atoms with Gasteiger partial charge in [0.05, 0.1) is 48.2 Å². The van der Waals surface area contributed by atoms with Crippen LogP contribution in [0.1, 0.15) is 103 Å². The van der Waals surface area contributed by atoms with Gasteiger partial charge in [-0.3, -0.25) is 19.2 Å². The second-order valence-corrected chi connectivity index (χ2v) is 17.0. The fraction of sp³-hybridized carbons (Fsp3) is 0.690. The number of rotatable bonds is 19. The zero-order valence-electron chi connectivity index (χ0n) is 34.5. The van der Waals surface area contributed by atoms with E-state index in [2.05, 4.69) is 34.8 Å². The first kappa shape index (κ1) is 44.3. The first-order valence-electron chi connectivity index (χ1n) is 20.2. The quantitative estimate of drug-likeness (QED) is 0.178. The number of carbonyl (C=O) groups excluding carboxylic acids is 4. The third-order valence-electron chi connectivity index (χ3n) is 11.9. The van der Waals surface area contributed by atoms with Crippen LogP contribution < -0.4 is 16.0 Å². The maximum Gasteiger partial charge on any atom is 0.245 e. The zero-order chi connectivity index (χ0) is 40.3. The maximum absolute atomic E-state index is 14.3. The molecule has 306 valence electrons. The number of nitrogens with one attached hydrogen (secondary N) is 3. The lowest BCUT2D eigenvalue weighted by molar-refractivity contribution is -0.148. The number of thiazole rings is 1. The number of ether oxygens (including phenoxy) is 2. The molecule has 1 aromatic carbocycles. The highest BCUT2D eigenvalue weighted by atomic mass is 32.1. The standard InChI is InChI=1S/C42H66N6O6S/c1-10-28(4)36(47(7)40(51)35(27(2)3)46-41(52)42(6)20-14-15-21-44-42)33(53-8)26-34(49)48-23-16-19-32(48)37(54-9)29(5)38(50)45-31(39-43-22-24-55-39)25-30-17-12-11-13-18-30/h11-13,17-18,22,24,27-29,31-33,35-37,44H,10,14-16,19-21,23,25-26H2,1-9H3,(H,45,50)(H,46,52)/t28-,29?,31-,32?,33+,35-,36-,37+,42+/m0/s1. The lowest BCUT2D eigenvalue weighted by atomic mass is 9.88. The van der Waals surface area contributed by atoms with E-state index in [1.807, 2.05) is 68.3 Å². The Balaban J connectivity index is 1.47. The average molecular weight is 783 g/mol. The molecule has 4 rings (SSSR count). The molecule has 0 bridgehead atoms. The van der Waals surface area contributed by atoms with E-state index >= 15 is 0 Å². The molecule has 13 heteroatoms. The predicted molar refractivity (Wildman–Crippen MR) is 216 cm³/mol. The third kappa shape index (κ3) is 11.1. The molecule has 0 radical (unpaired) electrons. The van der Waals surface area contributed by atoms with Gasteiger partial charge >= 0.3 is 0 Å². The van der Waals surface area contributed by atoms with E-state index in [4.69, 9.17) is 9.47 Å². The largest absolute Gasteiger partial charge is 0.379 e. The van der Waals surface area contributed by atoms with Gasteiger partial charge in [-0.1, -0.05) is 71.4 Å². The minimum atomic E-state index is -0.737. The average Bonchev–Trinajstić information content (AvgIpc) is 3.90. The topological polar surface area (TPSA) is 142 Å². The summed E-state index contributed by atoms with van der Waals surface area (Å²) >= 11 is 1.51. The Morgan fingerprint density at radius 3 is 2.36 bits per heavy atom. The lowest BCUT2D eigenvalue weighted by Gasteiger charge is -2.41. The van der Waals surface area contributed by atoms with E-state index in [-0.39, 0.29) is 54.0 Å². The molecule has 1 aromatic heterocycles. The fourth-order valence-corrected chi connectivity index (χ4v) is 9.04. The minimum Gasteiger partial charge on any atom is -0.379 e. The molecule has 4 amide bonds. The molecule has 2 unspecified atom stereocenters. The first-order chi connectivity index (χ1) is 26.3. The smallest absolute Gasteiger partial charge is 0.245 e. The van der Waals surface area contributed by atoms with Gasteiger partial charge in [0.1, 0.15) is 11.0 Å². The summed E-state index contributed by atoms with van der Waals surface area (Å²) < 4.78 is 12.1. The Bertz CT molecular complexity index is 1520. The molecule has 3 N–H and O–H groups in total. The molecule has 2 aromatic rings.